The van der Waals surface area contributed by atoms with Crippen LogP contribution in [0.2, 0.25) is 0 Å². The Labute approximate surface area is 123 Å². The number of sulfonamides is 1. The molecule has 0 fully saturated rings. The minimum Gasteiger partial charge on any atom is -0.478 e. The van der Waals surface area contributed by atoms with Gasteiger partial charge in [0.15, 0.2) is 0 Å². The minimum atomic E-state index is -3.63. The highest BCUT2D eigenvalue weighted by Gasteiger charge is 2.15. The molecule has 2 N–H and O–H groups in total. The summed E-state index contributed by atoms with van der Waals surface area (Å²) in [4.78, 5) is 10.8. The molecule has 1 rings (SSSR count). The number of carboxylic acid groups (broad SMARTS) is 1. The summed E-state index contributed by atoms with van der Waals surface area (Å²) in [7, 11) is -3.63. The Hall–Kier alpha value is -1.05. The highest BCUT2D eigenvalue weighted by atomic mass is 32.2. The van der Waals surface area contributed by atoms with Crippen LogP contribution in [0.1, 0.15) is 29.6 Å². The molecule has 0 amide bonds. The van der Waals surface area contributed by atoms with E-state index in [4.69, 9.17) is 5.11 Å². The number of aromatic carboxylic acids is 1. The zero-order valence-electron chi connectivity index (χ0n) is 11.3. The Balaban J connectivity index is 2.56. The number of carboxylic acids is 1. The molecule has 20 heavy (non-hydrogen) atoms. The SMILES string of the molecule is CSCCCCCNS(=O)(=O)c1cccc(C(=O)O)c1. The number of hydrogen-bond acceptors (Lipinski definition) is 4. The first kappa shape index (κ1) is 17.0. The number of hydrogen-bond donors (Lipinski definition) is 2. The Morgan fingerprint density at radius 3 is 2.70 bits per heavy atom. The van der Waals surface area contributed by atoms with Crippen LogP contribution in [-0.2, 0) is 10.0 Å². The van der Waals surface area contributed by atoms with Crippen molar-refractivity contribution in [1.82, 2.24) is 4.72 Å². The molecule has 0 aliphatic heterocycles. The molecule has 0 atom stereocenters. The number of thioether (sulfide) groups is 1. The first-order chi connectivity index (χ1) is 9.47. The summed E-state index contributed by atoms with van der Waals surface area (Å²) in [5, 5.41) is 8.85. The van der Waals surface area contributed by atoms with E-state index in [2.05, 4.69) is 4.72 Å². The Morgan fingerprint density at radius 1 is 1.30 bits per heavy atom. The van der Waals surface area contributed by atoms with Crippen molar-refractivity contribution in [3.63, 3.8) is 0 Å². The van der Waals surface area contributed by atoms with E-state index in [1.165, 1.54) is 24.3 Å². The van der Waals surface area contributed by atoms with Crippen molar-refractivity contribution in [2.75, 3.05) is 18.6 Å². The van der Waals surface area contributed by atoms with Crippen molar-refractivity contribution < 1.29 is 18.3 Å². The van der Waals surface area contributed by atoms with Crippen molar-refractivity contribution in [3.8, 4) is 0 Å². The van der Waals surface area contributed by atoms with Gasteiger partial charge in [-0.05, 0) is 43.0 Å². The maximum absolute atomic E-state index is 12.0. The van der Waals surface area contributed by atoms with Gasteiger partial charge in [0, 0.05) is 6.54 Å². The molecule has 0 aliphatic rings. The van der Waals surface area contributed by atoms with Crippen LogP contribution in [-0.4, -0.2) is 38.0 Å². The van der Waals surface area contributed by atoms with Crippen LogP contribution in [0.3, 0.4) is 0 Å². The van der Waals surface area contributed by atoms with Crippen LogP contribution in [0.15, 0.2) is 29.2 Å². The van der Waals surface area contributed by atoms with Crippen molar-refractivity contribution in [3.05, 3.63) is 29.8 Å². The van der Waals surface area contributed by atoms with E-state index in [1.807, 2.05) is 6.26 Å². The van der Waals surface area contributed by atoms with E-state index >= 15 is 0 Å². The number of benzene rings is 1. The number of nitrogens with one attached hydrogen (secondary N) is 1. The van der Waals surface area contributed by atoms with Crippen molar-refractivity contribution in [1.29, 1.82) is 0 Å². The lowest BCUT2D eigenvalue weighted by atomic mass is 10.2. The molecule has 0 unspecified atom stereocenters. The molecule has 5 nitrogen and oxygen atoms in total. The predicted molar refractivity (Wildman–Crippen MR) is 80.8 cm³/mol. The van der Waals surface area contributed by atoms with Crippen molar-refractivity contribution in [2.45, 2.75) is 24.2 Å². The lowest BCUT2D eigenvalue weighted by Gasteiger charge is -2.07. The van der Waals surface area contributed by atoms with E-state index in [0.717, 1.165) is 25.0 Å². The third-order valence-electron chi connectivity index (χ3n) is 2.71. The van der Waals surface area contributed by atoms with Gasteiger partial charge in [-0.1, -0.05) is 12.5 Å². The maximum atomic E-state index is 12.0. The van der Waals surface area contributed by atoms with Crippen LogP contribution in [0.5, 0.6) is 0 Å². The third-order valence-corrected chi connectivity index (χ3v) is 4.86. The van der Waals surface area contributed by atoms with E-state index in [1.54, 1.807) is 11.8 Å². The van der Waals surface area contributed by atoms with Crippen LogP contribution in [0, 0.1) is 0 Å². The molecule has 1 aromatic carbocycles. The topological polar surface area (TPSA) is 83.5 Å². The largest absolute Gasteiger partial charge is 0.478 e. The molecule has 0 aromatic heterocycles. The van der Waals surface area contributed by atoms with E-state index in [9.17, 15) is 13.2 Å². The highest BCUT2D eigenvalue weighted by molar-refractivity contribution is 7.98. The van der Waals surface area contributed by atoms with Gasteiger partial charge in [-0.2, -0.15) is 11.8 Å². The zero-order valence-corrected chi connectivity index (χ0v) is 13.0. The molecular formula is C13H19NO4S2. The molecule has 7 heteroatoms. The molecule has 0 aliphatic carbocycles. The van der Waals surface area contributed by atoms with Gasteiger partial charge in [0.1, 0.15) is 0 Å². The van der Waals surface area contributed by atoms with Gasteiger partial charge < -0.3 is 5.11 Å². The van der Waals surface area contributed by atoms with Crippen LogP contribution in [0.4, 0.5) is 0 Å². The van der Waals surface area contributed by atoms with Crippen LogP contribution in [0.25, 0.3) is 0 Å². The van der Waals surface area contributed by atoms with Crippen molar-refractivity contribution in [2.24, 2.45) is 0 Å². The Kier molecular flexibility index (Phi) is 7.04. The van der Waals surface area contributed by atoms with Gasteiger partial charge >= 0.3 is 5.97 Å². The minimum absolute atomic E-state index is 0.0125. The summed E-state index contributed by atoms with van der Waals surface area (Å²) in [5.74, 6) is -0.0629. The third kappa shape index (κ3) is 5.52. The Bertz CT molecular complexity index is 543. The predicted octanol–water partition coefficient (Wildman–Crippen LogP) is 2.20. The van der Waals surface area contributed by atoms with E-state index in [-0.39, 0.29) is 10.5 Å². The van der Waals surface area contributed by atoms with E-state index in [0.29, 0.717) is 6.54 Å². The van der Waals surface area contributed by atoms with Gasteiger partial charge in [-0.25, -0.2) is 17.9 Å². The summed E-state index contributed by atoms with van der Waals surface area (Å²) in [5.41, 5.74) is -0.0344. The van der Waals surface area contributed by atoms with Gasteiger partial charge in [0.2, 0.25) is 10.0 Å². The average molecular weight is 317 g/mol. The lowest BCUT2D eigenvalue weighted by molar-refractivity contribution is 0.0696. The second kappa shape index (κ2) is 8.28. The van der Waals surface area contributed by atoms with Crippen molar-refractivity contribution >= 4 is 27.8 Å². The fraction of sp³-hybridized carbons (Fsp3) is 0.462. The lowest BCUT2D eigenvalue weighted by Crippen LogP contribution is -2.25. The van der Waals surface area contributed by atoms with Gasteiger partial charge in [-0.15, -0.1) is 0 Å². The monoisotopic (exact) mass is 317 g/mol. The summed E-state index contributed by atoms with van der Waals surface area (Å²) >= 11 is 1.77. The van der Waals surface area contributed by atoms with Gasteiger partial charge in [0.05, 0.1) is 10.5 Å². The molecule has 0 bridgehead atoms. The van der Waals surface area contributed by atoms with Gasteiger partial charge in [-0.3, -0.25) is 0 Å². The number of rotatable bonds is 9. The number of unbranched alkanes of at least 4 members (excludes halogenated alkanes) is 2. The number of carbonyl (C=O) groups is 1. The summed E-state index contributed by atoms with van der Waals surface area (Å²) < 4.78 is 26.5. The quantitative estimate of drug-likeness (QED) is 0.682. The highest BCUT2D eigenvalue weighted by Crippen LogP contribution is 2.11. The van der Waals surface area contributed by atoms with Gasteiger partial charge in [0.25, 0.3) is 0 Å². The zero-order chi connectivity index (χ0) is 15.0. The molecule has 0 saturated heterocycles. The first-order valence-corrected chi connectivity index (χ1v) is 9.17. The first-order valence-electron chi connectivity index (χ1n) is 6.29. The van der Waals surface area contributed by atoms with Crippen LogP contribution >= 0.6 is 11.8 Å². The summed E-state index contributed by atoms with van der Waals surface area (Å²) in [6.07, 6.45) is 4.85. The molecule has 1 aromatic rings. The second-order valence-electron chi connectivity index (χ2n) is 4.28. The molecule has 0 heterocycles. The molecular weight excluding hydrogens is 298 g/mol. The average Bonchev–Trinajstić information content (AvgIpc) is 2.43. The molecule has 112 valence electrons. The fourth-order valence-electron chi connectivity index (χ4n) is 1.63. The summed E-state index contributed by atoms with van der Waals surface area (Å²) in [6, 6.07) is 5.35. The molecule has 0 saturated carbocycles. The maximum Gasteiger partial charge on any atom is 0.335 e. The second-order valence-corrected chi connectivity index (χ2v) is 7.04. The van der Waals surface area contributed by atoms with Crippen LogP contribution < -0.4 is 4.72 Å². The van der Waals surface area contributed by atoms with E-state index < -0.39 is 16.0 Å². The smallest absolute Gasteiger partial charge is 0.335 e. The summed E-state index contributed by atoms with van der Waals surface area (Å²) in [6.45, 7) is 0.369. The molecule has 0 spiro atoms. The normalized spacial score (nSPS) is 11.4. The molecule has 0 radical (unpaired) electrons. The standard InChI is InChI=1S/C13H19NO4S2/c1-19-9-4-2-3-8-14-20(17,18)12-7-5-6-11(10-12)13(15)16/h5-7,10,14H,2-4,8-9H2,1H3,(H,15,16). The fourth-order valence-corrected chi connectivity index (χ4v) is 3.25. The Morgan fingerprint density at radius 2 is 2.05 bits per heavy atom.